The average molecular weight is 256 g/mol. The second-order valence-corrected chi connectivity index (χ2v) is 6.20. The Morgan fingerprint density at radius 2 is 2.00 bits per heavy atom. The van der Waals surface area contributed by atoms with Crippen molar-refractivity contribution < 1.29 is 8.42 Å². The van der Waals surface area contributed by atoms with Crippen molar-refractivity contribution in [2.75, 3.05) is 24.6 Å². The van der Waals surface area contributed by atoms with Gasteiger partial charge >= 0.3 is 0 Å². The highest BCUT2D eigenvalue weighted by Crippen LogP contribution is 2.13. The quantitative estimate of drug-likeness (QED) is 0.845. The maximum atomic E-state index is 11.6. The molecule has 0 fully saturated rings. The van der Waals surface area contributed by atoms with Gasteiger partial charge in [-0.05, 0) is 38.2 Å². The molecule has 0 unspecified atom stereocenters. The van der Waals surface area contributed by atoms with Crippen LogP contribution < -0.4 is 4.72 Å². The average Bonchev–Trinajstić information content (AvgIpc) is 2.15. The minimum Gasteiger partial charge on any atom is -0.305 e. The summed E-state index contributed by atoms with van der Waals surface area (Å²) in [6.45, 7) is 2.64. The van der Waals surface area contributed by atoms with Gasteiger partial charge < -0.3 is 4.90 Å². The zero-order valence-corrected chi connectivity index (χ0v) is 11.4. The molecule has 17 heavy (non-hydrogen) atoms. The maximum absolute atomic E-state index is 11.6. The lowest BCUT2D eigenvalue weighted by Crippen LogP contribution is -2.16. The first kappa shape index (κ1) is 14.0. The first-order chi connectivity index (χ1) is 7.93. The van der Waals surface area contributed by atoms with Crippen LogP contribution in [0.25, 0.3) is 0 Å². The summed E-state index contributed by atoms with van der Waals surface area (Å²) in [6, 6.07) is 7.49. The van der Waals surface area contributed by atoms with E-state index >= 15 is 0 Å². The first-order valence-corrected chi connectivity index (χ1v) is 7.32. The summed E-state index contributed by atoms with van der Waals surface area (Å²) in [4.78, 5) is 2.04. The van der Waals surface area contributed by atoms with Crippen molar-refractivity contribution in [1.82, 2.24) is 4.90 Å². The molecule has 0 saturated carbocycles. The van der Waals surface area contributed by atoms with Crippen LogP contribution in [0.4, 0.5) is 5.69 Å². The van der Waals surface area contributed by atoms with Gasteiger partial charge in [0.05, 0.1) is 5.75 Å². The minimum absolute atomic E-state index is 0.158. The van der Waals surface area contributed by atoms with Gasteiger partial charge in [0.1, 0.15) is 0 Å². The van der Waals surface area contributed by atoms with Gasteiger partial charge in [0.15, 0.2) is 0 Å². The van der Waals surface area contributed by atoms with Crippen molar-refractivity contribution in [3.8, 4) is 0 Å². The van der Waals surface area contributed by atoms with E-state index in [0.29, 0.717) is 12.1 Å². The number of nitrogens with one attached hydrogen (secondary N) is 1. The molecule has 1 aromatic carbocycles. The van der Waals surface area contributed by atoms with E-state index < -0.39 is 10.0 Å². The molecule has 5 heteroatoms. The molecular formula is C12H20N2O2S. The highest BCUT2D eigenvalue weighted by molar-refractivity contribution is 7.92. The largest absolute Gasteiger partial charge is 0.305 e. The summed E-state index contributed by atoms with van der Waals surface area (Å²) in [6.07, 6.45) is 0.618. The van der Waals surface area contributed by atoms with Gasteiger partial charge in [-0.15, -0.1) is 0 Å². The third-order valence-electron chi connectivity index (χ3n) is 2.17. The van der Waals surface area contributed by atoms with E-state index in [1.54, 1.807) is 6.07 Å². The van der Waals surface area contributed by atoms with Crippen LogP contribution in [0, 0.1) is 0 Å². The van der Waals surface area contributed by atoms with Crippen molar-refractivity contribution in [2.45, 2.75) is 19.9 Å². The third kappa shape index (κ3) is 5.19. The number of hydrogen-bond donors (Lipinski definition) is 1. The molecule has 0 saturated heterocycles. The second-order valence-electron chi connectivity index (χ2n) is 4.36. The van der Waals surface area contributed by atoms with Crippen LogP contribution in [-0.2, 0) is 16.6 Å². The smallest absolute Gasteiger partial charge is 0.232 e. The Balaban J connectivity index is 2.79. The fourth-order valence-corrected chi connectivity index (χ4v) is 2.72. The number of sulfonamides is 1. The number of nitrogens with zero attached hydrogens (tertiary/aromatic N) is 1. The van der Waals surface area contributed by atoms with Crippen LogP contribution in [-0.4, -0.2) is 33.2 Å². The van der Waals surface area contributed by atoms with Gasteiger partial charge in [-0.3, -0.25) is 4.72 Å². The fourth-order valence-electron chi connectivity index (χ4n) is 1.60. The summed E-state index contributed by atoms with van der Waals surface area (Å²) >= 11 is 0. The number of benzene rings is 1. The van der Waals surface area contributed by atoms with Crippen LogP contribution in [0.2, 0.25) is 0 Å². The second kappa shape index (κ2) is 6.02. The van der Waals surface area contributed by atoms with Crippen LogP contribution >= 0.6 is 0 Å². The molecule has 0 aliphatic rings. The van der Waals surface area contributed by atoms with E-state index in [9.17, 15) is 8.42 Å². The Labute approximate surface area is 104 Å². The summed E-state index contributed by atoms with van der Waals surface area (Å²) in [5.74, 6) is 0.158. The Morgan fingerprint density at radius 3 is 2.59 bits per heavy atom. The van der Waals surface area contributed by atoms with Crippen molar-refractivity contribution in [2.24, 2.45) is 0 Å². The summed E-state index contributed by atoms with van der Waals surface area (Å²) in [7, 11) is 0.767. The minimum atomic E-state index is -3.19. The molecule has 0 spiro atoms. The van der Waals surface area contributed by atoms with E-state index in [2.05, 4.69) is 4.72 Å². The van der Waals surface area contributed by atoms with Crippen molar-refractivity contribution >= 4 is 15.7 Å². The summed E-state index contributed by atoms with van der Waals surface area (Å²) in [5, 5.41) is 0. The van der Waals surface area contributed by atoms with Crippen LogP contribution in [0.1, 0.15) is 18.9 Å². The molecule has 1 aromatic rings. The standard InChI is InChI=1S/C12H20N2O2S/c1-4-8-17(15,16)13-12-7-5-6-11(9-12)10-14(2)3/h5-7,9,13H,4,8,10H2,1-3H3. The Hall–Kier alpha value is -1.07. The lowest BCUT2D eigenvalue weighted by atomic mass is 10.2. The van der Waals surface area contributed by atoms with Gasteiger partial charge in [-0.1, -0.05) is 19.1 Å². The number of anilines is 1. The van der Waals surface area contributed by atoms with Crippen molar-refractivity contribution in [1.29, 1.82) is 0 Å². The molecule has 0 aliphatic heterocycles. The molecule has 4 nitrogen and oxygen atoms in total. The number of rotatable bonds is 6. The Morgan fingerprint density at radius 1 is 1.29 bits per heavy atom. The van der Waals surface area contributed by atoms with Gasteiger partial charge in [0, 0.05) is 12.2 Å². The van der Waals surface area contributed by atoms with Gasteiger partial charge in [0.25, 0.3) is 0 Å². The van der Waals surface area contributed by atoms with Crippen molar-refractivity contribution in [3.63, 3.8) is 0 Å². The van der Waals surface area contributed by atoms with E-state index in [4.69, 9.17) is 0 Å². The molecule has 0 atom stereocenters. The molecule has 1 rings (SSSR count). The Bertz CT molecular complexity index is 455. The van der Waals surface area contributed by atoms with Gasteiger partial charge in [-0.25, -0.2) is 8.42 Å². The van der Waals surface area contributed by atoms with Crippen LogP contribution in [0.3, 0.4) is 0 Å². The maximum Gasteiger partial charge on any atom is 0.232 e. The van der Waals surface area contributed by atoms with Crippen LogP contribution in [0.5, 0.6) is 0 Å². The SMILES string of the molecule is CCCS(=O)(=O)Nc1cccc(CN(C)C)c1. The highest BCUT2D eigenvalue weighted by Gasteiger charge is 2.08. The zero-order valence-electron chi connectivity index (χ0n) is 10.6. The lowest BCUT2D eigenvalue weighted by molar-refractivity contribution is 0.402. The van der Waals surface area contributed by atoms with E-state index in [-0.39, 0.29) is 5.75 Å². The monoisotopic (exact) mass is 256 g/mol. The molecule has 0 aliphatic carbocycles. The molecular weight excluding hydrogens is 236 g/mol. The molecule has 0 bridgehead atoms. The zero-order chi connectivity index (χ0) is 12.9. The van der Waals surface area contributed by atoms with Gasteiger partial charge in [0.2, 0.25) is 10.0 Å². The van der Waals surface area contributed by atoms with E-state index in [1.807, 2.05) is 44.1 Å². The normalized spacial score (nSPS) is 11.8. The third-order valence-corrected chi connectivity index (χ3v) is 3.66. The highest BCUT2D eigenvalue weighted by atomic mass is 32.2. The predicted octanol–water partition coefficient (Wildman–Crippen LogP) is 1.90. The summed E-state index contributed by atoms with van der Waals surface area (Å²) < 4.78 is 25.8. The molecule has 1 N–H and O–H groups in total. The Kier molecular flexibility index (Phi) is 4.96. The van der Waals surface area contributed by atoms with Crippen LogP contribution in [0.15, 0.2) is 24.3 Å². The fraction of sp³-hybridized carbons (Fsp3) is 0.500. The lowest BCUT2D eigenvalue weighted by Gasteiger charge is -2.12. The molecule has 0 heterocycles. The first-order valence-electron chi connectivity index (χ1n) is 5.67. The van der Waals surface area contributed by atoms with E-state index in [1.165, 1.54) is 0 Å². The molecule has 0 radical (unpaired) electrons. The molecule has 0 amide bonds. The molecule has 96 valence electrons. The molecule has 0 aromatic heterocycles. The van der Waals surface area contributed by atoms with Gasteiger partial charge in [-0.2, -0.15) is 0 Å². The number of hydrogen-bond acceptors (Lipinski definition) is 3. The van der Waals surface area contributed by atoms with E-state index in [0.717, 1.165) is 12.1 Å². The topological polar surface area (TPSA) is 49.4 Å². The summed E-state index contributed by atoms with van der Waals surface area (Å²) in [5.41, 5.74) is 1.73. The van der Waals surface area contributed by atoms with Crippen molar-refractivity contribution in [3.05, 3.63) is 29.8 Å². The predicted molar refractivity (Wildman–Crippen MR) is 71.5 cm³/mol.